The second-order valence-corrected chi connectivity index (χ2v) is 5.05. The van der Waals surface area contributed by atoms with E-state index in [1.54, 1.807) is 19.2 Å². The van der Waals surface area contributed by atoms with E-state index in [9.17, 15) is 4.79 Å². The molecule has 0 radical (unpaired) electrons. The first-order chi connectivity index (χ1) is 10.7. The lowest BCUT2D eigenvalue weighted by molar-refractivity contribution is 0.0526. The number of carbonyl (C=O) groups excluding carboxylic acids is 1. The Morgan fingerprint density at radius 2 is 1.95 bits per heavy atom. The lowest BCUT2D eigenvalue weighted by Gasteiger charge is -2.19. The third-order valence-electron chi connectivity index (χ3n) is 3.38. The molecule has 4 heteroatoms. The number of nitrogens with zero attached hydrogens (tertiary/aromatic N) is 1. The maximum Gasteiger partial charge on any atom is 0.339 e. The van der Waals surface area contributed by atoms with Gasteiger partial charge in [-0.2, -0.15) is 0 Å². The molecule has 1 atom stereocenters. The van der Waals surface area contributed by atoms with Gasteiger partial charge < -0.3 is 10.1 Å². The quantitative estimate of drug-likeness (QED) is 0.778. The first kappa shape index (κ1) is 16.0. The van der Waals surface area contributed by atoms with E-state index in [-0.39, 0.29) is 12.0 Å². The van der Waals surface area contributed by atoms with Gasteiger partial charge in [0, 0.05) is 6.20 Å². The normalized spacial score (nSPS) is 11.7. The summed E-state index contributed by atoms with van der Waals surface area (Å²) in [5.74, 6) is 0.421. The molecule has 1 aromatic carbocycles. The van der Waals surface area contributed by atoms with Gasteiger partial charge in [-0.05, 0) is 31.0 Å². The summed E-state index contributed by atoms with van der Waals surface area (Å²) in [4.78, 5) is 15.9. The van der Waals surface area contributed by atoms with Crippen molar-refractivity contribution in [2.45, 2.75) is 32.7 Å². The van der Waals surface area contributed by atoms with Crippen LogP contribution in [-0.4, -0.2) is 17.6 Å². The molecular weight excluding hydrogens is 276 g/mol. The minimum atomic E-state index is -0.338. The van der Waals surface area contributed by atoms with Gasteiger partial charge in [-0.15, -0.1) is 0 Å². The Kier molecular flexibility index (Phi) is 5.95. The fourth-order valence-corrected chi connectivity index (χ4v) is 2.29. The minimum Gasteiger partial charge on any atom is -0.462 e. The lowest BCUT2D eigenvalue weighted by Crippen LogP contribution is -2.12. The number of benzene rings is 1. The topological polar surface area (TPSA) is 51.2 Å². The van der Waals surface area contributed by atoms with Crippen molar-refractivity contribution in [3.8, 4) is 0 Å². The minimum absolute atomic E-state index is 0.215. The predicted molar refractivity (Wildman–Crippen MR) is 87.9 cm³/mol. The number of ether oxygens (including phenoxy) is 1. The molecule has 4 nitrogen and oxygen atoms in total. The molecule has 0 spiro atoms. The summed E-state index contributed by atoms with van der Waals surface area (Å²) in [6, 6.07) is 14.1. The third-order valence-corrected chi connectivity index (χ3v) is 3.38. The van der Waals surface area contributed by atoms with Crippen molar-refractivity contribution in [1.82, 2.24) is 4.98 Å². The van der Waals surface area contributed by atoms with E-state index < -0.39 is 0 Å². The van der Waals surface area contributed by atoms with Crippen LogP contribution >= 0.6 is 0 Å². The highest BCUT2D eigenvalue weighted by Gasteiger charge is 2.12. The monoisotopic (exact) mass is 298 g/mol. The van der Waals surface area contributed by atoms with Gasteiger partial charge in [0.2, 0.25) is 0 Å². The summed E-state index contributed by atoms with van der Waals surface area (Å²) in [6.07, 6.45) is 3.65. The van der Waals surface area contributed by atoms with Gasteiger partial charge in [-0.3, -0.25) is 0 Å². The molecule has 2 aromatic rings. The van der Waals surface area contributed by atoms with E-state index in [0.29, 0.717) is 12.2 Å². The highest BCUT2D eigenvalue weighted by Crippen LogP contribution is 2.22. The third kappa shape index (κ3) is 4.32. The second-order valence-electron chi connectivity index (χ2n) is 5.05. The summed E-state index contributed by atoms with van der Waals surface area (Å²) >= 11 is 0. The summed E-state index contributed by atoms with van der Waals surface area (Å²) < 4.78 is 4.96. The smallest absolute Gasteiger partial charge is 0.339 e. The number of aromatic nitrogens is 1. The van der Waals surface area contributed by atoms with Gasteiger partial charge in [-0.1, -0.05) is 43.7 Å². The molecule has 0 aliphatic carbocycles. The van der Waals surface area contributed by atoms with Crippen LogP contribution < -0.4 is 5.32 Å². The van der Waals surface area contributed by atoms with Gasteiger partial charge in [0.1, 0.15) is 5.82 Å². The highest BCUT2D eigenvalue weighted by molar-refractivity contribution is 5.89. The number of rotatable bonds is 7. The van der Waals surface area contributed by atoms with Gasteiger partial charge >= 0.3 is 5.97 Å². The molecule has 0 saturated heterocycles. The summed E-state index contributed by atoms with van der Waals surface area (Å²) in [6.45, 7) is 4.32. The highest BCUT2D eigenvalue weighted by atomic mass is 16.5. The number of anilines is 1. The average Bonchev–Trinajstić information content (AvgIpc) is 2.56. The fraction of sp³-hybridized carbons (Fsp3) is 0.333. The van der Waals surface area contributed by atoms with Gasteiger partial charge in [0.05, 0.1) is 18.2 Å². The van der Waals surface area contributed by atoms with E-state index in [4.69, 9.17) is 4.74 Å². The Morgan fingerprint density at radius 3 is 2.55 bits per heavy atom. The molecule has 0 aliphatic rings. The molecule has 1 N–H and O–H groups in total. The van der Waals surface area contributed by atoms with Crippen LogP contribution in [0.5, 0.6) is 0 Å². The number of nitrogens with one attached hydrogen (secondary N) is 1. The van der Waals surface area contributed by atoms with Crippen LogP contribution in [0.4, 0.5) is 5.82 Å². The Morgan fingerprint density at radius 1 is 1.18 bits per heavy atom. The molecule has 0 amide bonds. The number of carbonyl (C=O) groups is 1. The summed E-state index contributed by atoms with van der Waals surface area (Å²) in [5.41, 5.74) is 1.71. The van der Waals surface area contributed by atoms with E-state index in [1.807, 2.05) is 24.3 Å². The molecule has 22 heavy (non-hydrogen) atoms. The maximum absolute atomic E-state index is 11.6. The Hall–Kier alpha value is -2.36. The largest absolute Gasteiger partial charge is 0.462 e. The van der Waals surface area contributed by atoms with Crippen LogP contribution in [0.15, 0.2) is 48.7 Å². The molecule has 2 rings (SSSR count). The van der Waals surface area contributed by atoms with E-state index in [1.165, 1.54) is 5.56 Å². The zero-order valence-corrected chi connectivity index (χ0v) is 13.1. The van der Waals surface area contributed by atoms with Gasteiger partial charge in [0.15, 0.2) is 0 Å². The molecule has 1 unspecified atom stereocenters. The van der Waals surface area contributed by atoms with Crippen molar-refractivity contribution < 1.29 is 9.53 Å². The molecule has 0 saturated carbocycles. The van der Waals surface area contributed by atoms with Gasteiger partial charge in [-0.25, -0.2) is 9.78 Å². The van der Waals surface area contributed by atoms with Crippen LogP contribution in [0.2, 0.25) is 0 Å². The van der Waals surface area contributed by atoms with Gasteiger partial charge in [0.25, 0.3) is 0 Å². The van der Waals surface area contributed by atoms with E-state index in [2.05, 4.69) is 29.4 Å². The van der Waals surface area contributed by atoms with Crippen LogP contribution in [-0.2, 0) is 4.74 Å². The maximum atomic E-state index is 11.6. The van der Waals surface area contributed by atoms with E-state index in [0.717, 1.165) is 18.7 Å². The van der Waals surface area contributed by atoms with Crippen LogP contribution in [0.3, 0.4) is 0 Å². The number of hydrogen-bond donors (Lipinski definition) is 1. The summed E-state index contributed by atoms with van der Waals surface area (Å²) in [5, 5.41) is 3.43. The molecule has 0 fully saturated rings. The Labute approximate surface area is 131 Å². The zero-order chi connectivity index (χ0) is 15.8. The van der Waals surface area contributed by atoms with Crippen molar-refractivity contribution in [2.24, 2.45) is 0 Å². The van der Waals surface area contributed by atoms with Crippen molar-refractivity contribution in [3.05, 3.63) is 59.8 Å². The van der Waals surface area contributed by atoms with Crippen molar-refractivity contribution >= 4 is 11.8 Å². The molecular formula is C18H22N2O2. The number of hydrogen-bond acceptors (Lipinski definition) is 4. The average molecular weight is 298 g/mol. The molecule has 1 heterocycles. The zero-order valence-electron chi connectivity index (χ0n) is 13.1. The standard InChI is InChI=1S/C18H22N2O2/c1-3-8-16(14-9-6-5-7-10-14)20-17-12-11-15(13-19-17)18(21)22-4-2/h5-7,9-13,16H,3-4,8H2,1-2H3,(H,19,20). The molecule has 0 bridgehead atoms. The van der Waals surface area contributed by atoms with Crippen molar-refractivity contribution in [2.75, 3.05) is 11.9 Å². The second kappa shape index (κ2) is 8.17. The SMILES string of the molecule is CCCC(Nc1ccc(C(=O)OCC)cn1)c1ccccc1. The van der Waals surface area contributed by atoms with Crippen molar-refractivity contribution in [1.29, 1.82) is 0 Å². The predicted octanol–water partition coefficient (Wildman–Crippen LogP) is 4.21. The van der Waals surface area contributed by atoms with Crippen molar-refractivity contribution in [3.63, 3.8) is 0 Å². The molecule has 116 valence electrons. The fourth-order valence-electron chi connectivity index (χ4n) is 2.29. The summed E-state index contributed by atoms with van der Waals surface area (Å²) in [7, 11) is 0. The Bertz CT molecular complexity index is 582. The number of pyridine rings is 1. The van der Waals surface area contributed by atoms with Crippen LogP contribution in [0.1, 0.15) is 48.7 Å². The molecule has 1 aromatic heterocycles. The first-order valence-corrected chi connectivity index (χ1v) is 7.69. The number of esters is 1. The lowest BCUT2D eigenvalue weighted by atomic mass is 10.0. The molecule has 0 aliphatic heterocycles. The van der Waals surface area contributed by atoms with Crippen LogP contribution in [0, 0.1) is 0 Å². The van der Waals surface area contributed by atoms with Crippen LogP contribution in [0.25, 0.3) is 0 Å². The first-order valence-electron chi connectivity index (χ1n) is 7.69. The Balaban J connectivity index is 2.09. The van der Waals surface area contributed by atoms with E-state index >= 15 is 0 Å².